The van der Waals surface area contributed by atoms with Crippen LogP contribution in [-0.4, -0.2) is 54.2 Å². The first-order valence-electron chi connectivity index (χ1n) is 10.2. The molecule has 0 amide bonds. The third kappa shape index (κ3) is 2.92. The summed E-state index contributed by atoms with van der Waals surface area (Å²) in [5, 5.41) is 22.4. The zero-order valence-electron chi connectivity index (χ0n) is 18.3. The van der Waals surface area contributed by atoms with Crippen molar-refractivity contribution in [2.45, 2.75) is 58.8 Å². The Labute approximate surface area is 175 Å². The molecule has 0 aromatic carbocycles. The lowest BCUT2D eigenvalue weighted by Gasteiger charge is -2.52. The van der Waals surface area contributed by atoms with E-state index >= 15 is 0 Å². The quantitative estimate of drug-likeness (QED) is 0.304. The molecule has 8 nitrogen and oxygen atoms in total. The Balaban J connectivity index is 2.41. The highest BCUT2D eigenvalue weighted by Gasteiger charge is 2.74. The van der Waals surface area contributed by atoms with Crippen molar-refractivity contribution in [3.8, 4) is 0 Å². The van der Waals surface area contributed by atoms with Crippen molar-refractivity contribution in [1.29, 1.82) is 0 Å². The molecule has 1 saturated carbocycles. The van der Waals surface area contributed by atoms with Gasteiger partial charge < -0.3 is 24.4 Å². The summed E-state index contributed by atoms with van der Waals surface area (Å²) in [4.78, 5) is 38.5. The van der Waals surface area contributed by atoms with Gasteiger partial charge in [0.15, 0.2) is 6.10 Å². The molecule has 1 saturated heterocycles. The summed E-state index contributed by atoms with van der Waals surface area (Å²) in [6.07, 6.45) is 1.69. The van der Waals surface area contributed by atoms with Gasteiger partial charge >= 0.3 is 17.9 Å². The highest BCUT2D eigenvalue weighted by Crippen LogP contribution is 2.66. The van der Waals surface area contributed by atoms with Crippen LogP contribution in [0.1, 0.15) is 47.0 Å². The second kappa shape index (κ2) is 7.20. The van der Waals surface area contributed by atoms with Gasteiger partial charge in [-0.15, -0.1) is 0 Å². The van der Waals surface area contributed by atoms with Crippen molar-refractivity contribution in [1.82, 2.24) is 0 Å². The number of aliphatic hydroxyl groups is 2. The highest BCUT2D eigenvalue weighted by molar-refractivity contribution is 6.02. The van der Waals surface area contributed by atoms with Crippen LogP contribution in [0.3, 0.4) is 0 Å². The Bertz CT molecular complexity index is 847. The van der Waals surface area contributed by atoms with Crippen LogP contribution in [0, 0.1) is 22.7 Å². The van der Waals surface area contributed by atoms with E-state index in [9.17, 15) is 24.6 Å². The van der Waals surface area contributed by atoms with E-state index in [-0.39, 0.29) is 22.6 Å². The maximum atomic E-state index is 13.2. The van der Waals surface area contributed by atoms with Crippen LogP contribution in [0.15, 0.2) is 22.8 Å². The number of hydrogen-bond acceptors (Lipinski definition) is 8. The Morgan fingerprint density at radius 3 is 2.33 bits per heavy atom. The molecule has 2 fully saturated rings. The summed E-state index contributed by atoms with van der Waals surface area (Å²) < 4.78 is 15.3. The summed E-state index contributed by atoms with van der Waals surface area (Å²) in [6, 6.07) is 0. The number of hydrogen-bond donors (Lipinski definition) is 2. The summed E-state index contributed by atoms with van der Waals surface area (Å²) in [5.74, 6) is -5.82. The Hall–Kier alpha value is -2.19. The van der Waals surface area contributed by atoms with Gasteiger partial charge in [-0.05, 0) is 30.3 Å². The Morgan fingerprint density at radius 1 is 1.17 bits per heavy atom. The fourth-order valence-corrected chi connectivity index (χ4v) is 5.57. The van der Waals surface area contributed by atoms with Crippen molar-refractivity contribution in [3.05, 3.63) is 22.8 Å². The zero-order chi connectivity index (χ0) is 22.6. The molecule has 1 aliphatic heterocycles. The largest absolute Gasteiger partial charge is 0.466 e. The van der Waals surface area contributed by atoms with Gasteiger partial charge in [0.05, 0.1) is 19.8 Å². The second-order valence-electron chi connectivity index (χ2n) is 9.37. The molecule has 2 bridgehead atoms. The molecule has 2 aliphatic carbocycles. The summed E-state index contributed by atoms with van der Waals surface area (Å²) in [6.45, 7) is 7.34. The van der Waals surface area contributed by atoms with E-state index in [1.54, 1.807) is 13.8 Å². The average molecular weight is 422 g/mol. The fourth-order valence-electron chi connectivity index (χ4n) is 5.57. The van der Waals surface area contributed by atoms with E-state index in [2.05, 4.69) is 0 Å². The maximum absolute atomic E-state index is 13.2. The van der Waals surface area contributed by atoms with Gasteiger partial charge in [-0.1, -0.05) is 34.1 Å². The minimum Gasteiger partial charge on any atom is -0.466 e. The number of rotatable bonds is 4. The minimum atomic E-state index is -2.67. The van der Waals surface area contributed by atoms with Crippen molar-refractivity contribution >= 4 is 17.9 Å². The smallest absolute Gasteiger partial charge is 0.335 e. The molecule has 2 N–H and O–H groups in total. The van der Waals surface area contributed by atoms with E-state index in [0.717, 1.165) is 6.42 Å². The van der Waals surface area contributed by atoms with Crippen LogP contribution in [0.5, 0.6) is 0 Å². The molecule has 1 unspecified atom stereocenters. The third-order valence-corrected chi connectivity index (χ3v) is 6.91. The summed E-state index contributed by atoms with van der Waals surface area (Å²) >= 11 is 0. The van der Waals surface area contributed by atoms with Crippen LogP contribution < -0.4 is 0 Å². The summed E-state index contributed by atoms with van der Waals surface area (Å²) in [5.41, 5.74) is -2.11. The monoisotopic (exact) mass is 422 g/mol. The van der Waals surface area contributed by atoms with Gasteiger partial charge in [0.1, 0.15) is 5.41 Å². The van der Waals surface area contributed by atoms with E-state index in [1.807, 2.05) is 13.8 Å². The molecule has 166 valence electrons. The first-order valence-corrected chi connectivity index (χ1v) is 10.2. The van der Waals surface area contributed by atoms with E-state index in [0.29, 0.717) is 12.8 Å². The SMILES string of the molecule is COC(=O)C1=C(/C=C(\C(=O)OC)C(C)C)C(O)(O)C2OC(=O)[C@@]13CCCC(C)(C)[C@H]23. The van der Waals surface area contributed by atoms with Crippen LogP contribution in [0.4, 0.5) is 0 Å². The predicted octanol–water partition coefficient (Wildman–Crippen LogP) is 1.64. The van der Waals surface area contributed by atoms with Gasteiger partial charge in [-0.3, -0.25) is 4.79 Å². The highest BCUT2D eigenvalue weighted by atomic mass is 16.6. The molecular weight excluding hydrogens is 392 g/mol. The van der Waals surface area contributed by atoms with E-state index in [1.165, 1.54) is 20.3 Å². The van der Waals surface area contributed by atoms with Crippen LogP contribution >= 0.6 is 0 Å². The number of esters is 3. The first-order chi connectivity index (χ1) is 13.9. The lowest BCUT2D eigenvalue weighted by molar-refractivity contribution is -0.223. The first kappa shape index (κ1) is 22.5. The fraction of sp³-hybridized carbons (Fsp3) is 0.682. The van der Waals surface area contributed by atoms with Gasteiger partial charge in [-0.25, -0.2) is 9.59 Å². The lowest BCUT2D eigenvalue weighted by Crippen LogP contribution is -2.60. The molecule has 1 heterocycles. The topological polar surface area (TPSA) is 119 Å². The van der Waals surface area contributed by atoms with Crippen molar-refractivity contribution in [3.63, 3.8) is 0 Å². The van der Waals surface area contributed by atoms with Crippen molar-refractivity contribution in [2.75, 3.05) is 14.2 Å². The predicted molar refractivity (Wildman–Crippen MR) is 105 cm³/mol. The van der Waals surface area contributed by atoms with Crippen LogP contribution in [0.25, 0.3) is 0 Å². The molecule has 3 aliphatic rings. The Kier molecular flexibility index (Phi) is 5.40. The molecule has 3 rings (SSSR count). The van der Waals surface area contributed by atoms with E-state index in [4.69, 9.17) is 14.2 Å². The molecule has 3 atom stereocenters. The average Bonchev–Trinajstić information content (AvgIpc) is 2.95. The third-order valence-electron chi connectivity index (χ3n) is 6.91. The lowest BCUT2D eigenvalue weighted by atomic mass is 9.49. The van der Waals surface area contributed by atoms with Gasteiger partial charge in [0.2, 0.25) is 5.79 Å². The van der Waals surface area contributed by atoms with Crippen molar-refractivity contribution in [2.24, 2.45) is 22.7 Å². The van der Waals surface area contributed by atoms with E-state index < -0.39 is 46.5 Å². The van der Waals surface area contributed by atoms with Crippen molar-refractivity contribution < 1.29 is 38.8 Å². The van der Waals surface area contributed by atoms with Crippen LogP contribution in [0.2, 0.25) is 0 Å². The molecule has 0 radical (unpaired) electrons. The molecule has 0 spiro atoms. The molecular formula is C22H30O8. The van der Waals surface area contributed by atoms with Gasteiger partial charge in [0, 0.05) is 17.1 Å². The van der Waals surface area contributed by atoms with Gasteiger partial charge in [-0.2, -0.15) is 0 Å². The molecule has 30 heavy (non-hydrogen) atoms. The number of carbonyl (C=O) groups excluding carboxylic acids is 3. The second-order valence-corrected chi connectivity index (χ2v) is 9.37. The zero-order valence-corrected chi connectivity index (χ0v) is 18.3. The standard InChI is InChI=1S/C22H30O8/c1-11(2)12(17(23)28-5)10-13-14(18(24)29-6)21-9-7-8-20(3,4)15(21)16(22(13,26)27)30-19(21)25/h10-11,15-16,26-27H,7-9H2,1-6H3/b12-10-/t15-,16?,21-/m0/s1. The number of ether oxygens (including phenoxy) is 3. The number of methoxy groups -OCH3 is 2. The summed E-state index contributed by atoms with van der Waals surface area (Å²) in [7, 11) is 2.39. The normalized spacial score (nSPS) is 31.9. The maximum Gasteiger partial charge on any atom is 0.335 e. The molecule has 8 heteroatoms. The Morgan fingerprint density at radius 2 is 1.80 bits per heavy atom. The van der Waals surface area contributed by atoms with Crippen LogP contribution in [-0.2, 0) is 28.6 Å². The van der Waals surface area contributed by atoms with Gasteiger partial charge in [0.25, 0.3) is 0 Å². The molecule has 0 aromatic heterocycles. The minimum absolute atomic E-state index is 0.137. The number of carbonyl (C=O) groups is 3. The molecule has 0 aromatic rings.